The van der Waals surface area contributed by atoms with E-state index in [4.69, 9.17) is 0 Å². The molecule has 3 atom stereocenters. The van der Waals surface area contributed by atoms with Gasteiger partial charge in [-0.25, -0.2) is 0 Å². The van der Waals surface area contributed by atoms with E-state index in [1.165, 1.54) is 12.8 Å². The van der Waals surface area contributed by atoms with Gasteiger partial charge in [0.05, 0.1) is 6.04 Å². The predicted molar refractivity (Wildman–Crippen MR) is 70.2 cm³/mol. The van der Waals surface area contributed by atoms with Crippen molar-refractivity contribution in [3.63, 3.8) is 0 Å². The minimum Gasteiger partial charge on any atom is -0.341 e. The Morgan fingerprint density at radius 2 is 1.88 bits per heavy atom. The van der Waals surface area contributed by atoms with Crippen LogP contribution >= 0.6 is 12.4 Å². The van der Waals surface area contributed by atoms with Crippen molar-refractivity contribution in [3.05, 3.63) is 0 Å². The smallest absolute Gasteiger partial charge is 0.239 e. The van der Waals surface area contributed by atoms with Crippen molar-refractivity contribution in [2.24, 2.45) is 17.3 Å². The summed E-state index contributed by atoms with van der Waals surface area (Å²) in [6.07, 6.45) is 3.46. The number of hydrogen-bond acceptors (Lipinski definition) is 2. The summed E-state index contributed by atoms with van der Waals surface area (Å²) in [5, 5.41) is 3.35. The molecule has 2 aliphatic heterocycles. The molecule has 1 N–H and O–H groups in total. The highest BCUT2D eigenvalue weighted by Crippen LogP contribution is 2.61. The molecule has 0 aromatic heterocycles. The molecule has 2 heterocycles. The van der Waals surface area contributed by atoms with E-state index in [2.05, 4.69) is 24.1 Å². The summed E-state index contributed by atoms with van der Waals surface area (Å²) < 4.78 is 0. The second-order valence-electron chi connectivity index (χ2n) is 6.28. The van der Waals surface area contributed by atoms with Crippen LogP contribution in [0.1, 0.15) is 33.1 Å². The van der Waals surface area contributed by atoms with Gasteiger partial charge in [0, 0.05) is 13.1 Å². The van der Waals surface area contributed by atoms with E-state index in [9.17, 15) is 4.79 Å². The maximum atomic E-state index is 12.2. The van der Waals surface area contributed by atoms with Gasteiger partial charge in [-0.05, 0) is 36.6 Å². The Kier molecular flexibility index (Phi) is 3.43. The van der Waals surface area contributed by atoms with Crippen molar-refractivity contribution in [3.8, 4) is 0 Å². The van der Waals surface area contributed by atoms with Crippen molar-refractivity contribution in [1.29, 1.82) is 0 Å². The van der Waals surface area contributed by atoms with E-state index in [1.807, 2.05) is 0 Å². The van der Waals surface area contributed by atoms with Crippen LogP contribution in [0.3, 0.4) is 0 Å². The van der Waals surface area contributed by atoms with E-state index in [-0.39, 0.29) is 18.4 Å². The molecule has 2 saturated heterocycles. The molecule has 1 aliphatic carbocycles. The summed E-state index contributed by atoms with van der Waals surface area (Å²) in [6, 6.07) is 0.120. The quantitative estimate of drug-likeness (QED) is 0.776. The summed E-state index contributed by atoms with van der Waals surface area (Å²) in [7, 11) is 0. The van der Waals surface area contributed by atoms with Crippen molar-refractivity contribution in [2.75, 3.05) is 19.6 Å². The molecule has 0 aromatic rings. The molecule has 1 amide bonds. The van der Waals surface area contributed by atoms with Gasteiger partial charge in [-0.1, -0.05) is 20.3 Å². The Morgan fingerprint density at radius 3 is 2.41 bits per heavy atom. The number of nitrogens with zero attached hydrogens (tertiary/aromatic N) is 1. The average Bonchev–Trinajstić information content (AvgIpc) is 2.72. The van der Waals surface area contributed by atoms with Crippen molar-refractivity contribution < 1.29 is 4.79 Å². The van der Waals surface area contributed by atoms with Gasteiger partial charge in [0.2, 0.25) is 5.91 Å². The fraction of sp³-hybridized carbons (Fsp3) is 0.923. The summed E-state index contributed by atoms with van der Waals surface area (Å²) in [5.41, 5.74) is 0.511. The minimum absolute atomic E-state index is 0. The van der Waals surface area contributed by atoms with E-state index in [0.717, 1.165) is 37.9 Å². The lowest BCUT2D eigenvalue weighted by Gasteiger charge is -2.29. The normalized spacial score (nSPS) is 38.2. The molecule has 3 aliphatic rings. The molecular weight excluding hydrogens is 236 g/mol. The van der Waals surface area contributed by atoms with Gasteiger partial charge >= 0.3 is 0 Å². The topological polar surface area (TPSA) is 32.3 Å². The number of nitrogens with one attached hydrogen (secondary N) is 1. The fourth-order valence-corrected chi connectivity index (χ4v) is 3.59. The van der Waals surface area contributed by atoms with Crippen LogP contribution in [0.5, 0.6) is 0 Å². The lowest BCUT2D eigenvalue weighted by atomic mass is 10.0. The first-order valence-corrected chi connectivity index (χ1v) is 6.63. The molecule has 0 aromatic carbocycles. The summed E-state index contributed by atoms with van der Waals surface area (Å²) in [5.74, 6) is 1.92. The minimum atomic E-state index is 0. The Hall–Kier alpha value is -0.280. The lowest BCUT2D eigenvalue weighted by molar-refractivity contribution is -0.133. The van der Waals surface area contributed by atoms with Crippen LogP contribution < -0.4 is 5.32 Å². The highest BCUT2D eigenvalue weighted by Gasteiger charge is 2.62. The number of carbonyl (C=O) groups excluding carboxylic acids is 1. The zero-order chi connectivity index (χ0) is 11.3. The van der Waals surface area contributed by atoms with E-state index < -0.39 is 0 Å². The Labute approximate surface area is 110 Å². The standard InChI is InChI=1S/C13H22N2O.ClH/c1-13(2)9-7-15(8-10(9)13)12(16)11-5-3-4-6-14-11;/h9-11,14H,3-8H2,1-2H3;1H. The first kappa shape index (κ1) is 13.2. The summed E-state index contributed by atoms with van der Waals surface area (Å²) in [6.45, 7) is 7.71. The summed E-state index contributed by atoms with van der Waals surface area (Å²) >= 11 is 0. The number of halogens is 1. The largest absolute Gasteiger partial charge is 0.341 e. The van der Waals surface area contributed by atoms with Crippen molar-refractivity contribution in [2.45, 2.75) is 39.2 Å². The second kappa shape index (κ2) is 4.43. The Morgan fingerprint density at radius 1 is 1.24 bits per heavy atom. The maximum absolute atomic E-state index is 12.2. The van der Waals surface area contributed by atoms with Gasteiger partial charge in [0.15, 0.2) is 0 Å². The number of rotatable bonds is 1. The van der Waals surface area contributed by atoms with Gasteiger partial charge in [0.1, 0.15) is 0 Å². The molecular formula is C13H23ClN2O. The molecule has 0 radical (unpaired) electrons. The van der Waals surface area contributed by atoms with Crippen LogP contribution in [0.2, 0.25) is 0 Å². The SMILES string of the molecule is CC1(C)C2CN(C(=O)C3CCCCN3)CC21.Cl. The third kappa shape index (κ3) is 2.08. The molecule has 98 valence electrons. The van der Waals surface area contributed by atoms with Crippen LogP contribution in [-0.4, -0.2) is 36.5 Å². The molecule has 0 spiro atoms. The zero-order valence-electron chi connectivity index (χ0n) is 10.7. The monoisotopic (exact) mass is 258 g/mol. The van der Waals surface area contributed by atoms with Crippen molar-refractivity contribution >= 4 is 18.3 Å². The number of carbonyl (C=O) groups is 1. The predicted octanol–water partition coefficient (Wildman–Crippen LogP) is 1.66. The zero-order valence-corrected chi connectivity index (χ0v) is 11.6. The summed E-state index contributed by atoms with van der Waals surface area (Å²) in [4.78, 5) is 14.3. The van der Waals surface area contributed by atoms with Gasteiger partial charge < -0.3 is 10.2 Å². The van der Waals surface area contributed by atoms with Crippen LogP contribution in [0, 0.1) is 17.3 Å². The molecule has 3 fully saturated rings. The average molecular weight is 259 g/mol. The number of fused-ring (bicyclic) bond motifs is 1. The van der Waals surface area contributed by atoms with Gasteiger partial charge in [-0.15, -0.1) is 12.4 Å². The van der Waals surface area contributed by atoms with Gasteiger partial charge in [-0.2, -0.15) is 0 Å². The number of piperidine rings is 2. The third-order valence-electron chi connectivity index (χ3n) is 5.04. The molecule has 0 bridgehead atoms. The lowest BCUT2D eigenvalue weighted by Crippen LogP contribution is -2.48. The van der Waals surface area contributed by atoms with Crippen LogP contribution in [0.4, 0.5) is 0 Å². The maximum Gasteiger partial charge on any atom is 0.239 e. The van der Waals surface area contributed by atoms with E-state index in [1.54, 1.807) is 0 Å². The number of amides is 1. The first-order valence-electron chi connectivity index (χ1n) is 6.63. The molecule has 17 heavy (non-hydrogen) atoms. The van der Waals surface area contributed by atoms with Crippen LogP contribution in [-0.2, 0) is 4.79 Å². The fourth-order valence-electron chi connectivity index (χ4n) is 3.59. The molecule has 1 saturated carbocycles. The Bertz CT molecular complexity index is 299. The number of likely N-dealkylation sites (tertiary alicyclic amines) is 1. The van der Waals surface area contributed by atoms with Gasteiger partial charge in [0.25, 0.3) is 0 Å². The van der Waals surface area contributed by atoms with E-state index in [0.29, 0.717) is 11.3 Å². The highest BCUT2D eigenvalue weighted by molar-refractivity contribution is 5.85. The Balaban J connectivity index is 0.00000108. The molecule has 4 heteroatoms. The van der Waals surface area contributed by atoms with Crippen LogP contribution in [0.15, 0.2) is 0 Å². The van der Waals surface area contributed by atoms with E-state index >= 15 is 0 Å². The number of hydrogen-bond donors (Lipinski definition) is 1. The van der Waals surface area contributed by atoms with Crippen molar-refractivity contribution in [1.82, 2.24) is 10.2 Å². The molecule has 3 rings (SSSR count). The first-order chi connectivity index (χ1) is 7.60. The molecule has 3 unspecified atom stereocenters. The third-order valence-corrected chi connectivity index (χ3v) is 5.04. The highest BCUT2D eigenvalue weighted by atomic mass is 35.5. The second-order valence-corrected chi connectivity index (χ2v) is 6.28. The van der Waals surface area contributed by atoms with Gasteiger partial charge in [-0.3, -0.25) is 4.79 Å². The molecule has 3 nitrogen and oxygen atoms in total. The van der Waals surface area contributed by atoms with Crippen LogP contribution in [0.25, 0.3) is 0 Å².